The first kappa shape index (κ1) is 20.1. The van der Waals surface area contributed by atoms with Crippen LogP contribution in [0.25, 0.3) is 22.2 Å². The van der Waals surface area contributed by atoms with Gasteiger partial charge in [0, 0.05) is 10.9 Å². The van der Waals surface area contributed by atoms with Crippen molar-refractivity contribution in [1.29, 1.82) is 0 Å². The molecule has 2 aromatic carbocycles. The molecule has 5 nitrogen and oxygen atoms in total. The van der Waals surface area contributed by atoms with Crippen molar-refractivity contribution in [2.75, 3.05) is 39.4 Å². The third-order valence-corrected chi connectivity index (χ3v) is 5.88. The molecule has 0 aliphatic carbocycles. The Balaban J connectivity index is 1.60. The number of ether oxygens (including phenoxy) is 1. The van der Waals surface area contributed by atoms with Gasteiger partial charge in [-0.25, -0.2) is 4.98 Å². The van der Waals surface area contributed by atoms with Crippen LogP contribution in [-0.4, -0.2) is 50.3 Å². The van der Waals surface area contributed by atoms with E-state index in [-0.39, 0.29) is 5.91 Å². The number of benzene rings is 2. The summed E-state index contributed by atoms with van der Waals surface area (Å²) in [4.78, 5) is 19.1. The van der Waals surface area contributed by atoms with Crippen molar-refractivity contribution in [1.82, 2.24) is 10.3 Å². The summed E-state index contributed by atoms with van der Waals surface area (Å²) in [5.41, 5.74) is 2.87. The zero-order valence-electron chi connectivity index (χ0n) is 15.9. The number of carbonyl (C=O) groups excluding carboxylic acids is 1. The maximum absolute atomic E-state index is 13.0. The number of amides is 1. The van der Waals surface area contributed by atoms with Crippen LogP contribution in [0, 0.1) is 0 Å². The Morgan fingerprint density at radius 2 is 1.86 bits per heavy atom. The van der Waals surface area contributed by atoms with E-state index in [9.17, 15) is 4.79 Å². The van der Waals surface area contributed by atoms with Gasteiger partial charge in [0.15, 0.2) is 0 Å². The van der Waals surface area contributed by atoms with Gasteiger partial charge in [-0.15, -0.1) is 0 Å². The standard InChI is InChI=1S/C22H21Cl2N3O2/c23-18-6-5-15(13-19(18)24)21-14-17(16-3-1-2-4-20(16)26-21)22(28)25-7-8-27-9-11-29-12-10-27/h1-6,13-14H,7-12H2,(H,25,28)/p+1. The Bertz CT molecular complexity index is 1040. The largest absolute Gasteiger partial charge is 0.370 e. The van der Waals surface area contributed by atoms with E-state index >= 15 is 0 Å². The van der Waals surface area contributed by atoms with Gasteiger partial charge in [0.1, 0.15) is 13.1 Å². The number of halogens is 2. The van der Waals surface area contributed by atoms with Gasteiger partial charge in [-0.3, -0.25) is 4.79 Å². The number of pyridine rings is 1. The summed E-state index contributed by atoms with van der Waals surface area (Å²) in [6, 6.07) is 14.8. The number of rotatable bonds is 5. The molecule has 150 valence electrons. The average Bonchev–Trinajstić information content (AvgIpc) is 2.75. The van der Waals surface area contributed by atoms with Gasteiger partial charge in [-0.2, -0.15) is 0 Å². The SMILES string of the molecule is O=C(NCC[NH+]1CCOCC1)c1cc(-c2ccc(Cl)c(Cl)c2)nc2ccccc12. The summed E-state index contributed by atoms with van der Waals surface area (Å²) >= 11 is 12.2. The second-order valence-electron chi connectivity index (χ2n) is 7.07. The quantitative estimate of drug-likeness (QED) is 0.654. The summed E-state index contributed by atoms with van der Waals surface area (Å²) in [6.45, 7) is 5.03. The molecule has 0 saturated carbocycles. The number of hydrogen-bond donors (Lipinski definition) is 2. The molecule has 1 fully saturated rings. The number of morpholine rings is 1. The molecule has 1 amide bonds. The molecule has 0 spiro atoms. The molecule has 1 saturated heterocycles. The van der Waals surface area contributed by atoms with Crippen LogP contribution in [0.15, 0.2) is 48.5 Å². The minimum absolute atomic E-state index is 0.0995. The molecule has 29 heavy (non-hydrogen) atoms. The van der Waals surface area contributed by atoms with Crippen molar-refractivity contribution in [2.45, 2.75) is 0 Å². The fraction of sp³-hybridized carbons (Fsp3) is 0.273. The van der Waals surface area contributed by atoms with Gasteiger partial charge in [-0.1, -0.05) is 47.5 Å². The summed E-state index contributed by atoms with van der Waals surface area (Å²) in [5.74, 6) is -0.0995. The van der Waals surface area contributed by atoms with E-state index in [1.807, 2.05) is 36.4 Å². The molecule has 1 aliphatic heterocycles. The van der Waals surface area contributed by atoms with Crippen molar-refractivity contribution in [3.8, 4) is 11.3 Å². The monoisotopic (exact) mass is 430 g/mol. The second-order valence-corrected chi connectivity index (χ2v) is 7.88. The second kappa shape index (κ2) is 9.09. The first-order valence-corrected chi connectivity index (χ1v) is 10.4. The maximum atomic E-state index is 13.0. The van der Waals surface area contributed by atoms with E-state index in [1.54, 1.807) is 12.1 Å². The lowest BCUT2D eigenvalue weighted by molar-refractivity contribution is -0.906. The lowest BCUT2D eigenvalue weighted by Gasteiger charge is -2.23. The Morgan fingerprint density at radius 1 is 1.07 bits per heavy atom. The number of aromatic nitrogens is 1. The zero-order chi connectivity index (χ0) is 20.2. The van der Waals surface area contributed by atoms with Crippen molar-refractivity contribution in [2.24, 2.45) is 0 Å². The molecule has 1 aromatic heterocycles. The van der Waals surface area contributed by atoms with Crippen LogP contribution in [0.4, 0.5) is 0 Å². The number of fused-ring (bicyclic) bond motifs is 1. The summed E-state index contributed by atoms with van der Waals surface area (Å²) in [5, 5.41) is 4.83. The average molecular weight is 431 g/mol. The molecular formula is C22H22Cl2N3O2+. The van der Waals surface area contributed by atoms with Crippen molar-refractivity contribution >= 4 is 40.0 Å². The van der Waals surface area contributed by atoms with Crippen molar-refractivity contribution in [3.05, 3.63) is 64.1 Å². The van der Waals surface area contributed by atoms with Gasteiger partial charge in [0.05, 0.1) is 53.1 Å². The lowest BCUT2D eigenvalue weighted by Crippen LogP contribution is -3.14. The van der Waals surface area contributed by atoms with Gasteiger partial charge < -0.3 is 15.0 Å². The van der Waals surface area contributed by atoms with E-state index in [4.69, 9.17) is 32.9 Å². The Kier molecular flexibility index (Phi) is 6.31. The first-order chi connectivity index (χ1) is 14.1. The van der Waals surface area contributed by atoms with Gasteiger partial charge in [-0.05, 0) is 24.3 Å². The number of quaternary nitrogens is 1. The van der Waals surface area contributed by atoms with Crippen LogP contribution in [-0.2, 0) is 4.74 Å². The lowest BCUT2D eigenvalue weighted by atomic mass is 10.0. The molecule has 0 bridgehead atoms. The van der Waals surface area contributed by atoms with Crippen LogP contribution in [0.3, 0.4) is 0 Å². The van der Waals surface area contributed by atoms with Crippen LogP contribution in [0.2, 0.25) is 10.0 Å². The molecule has 0 atom stereocenters. The minimum atomic E-state index is -0.0995. The molecular weight excluding hydrogens is 409 g/mol. The molecule has 4 rings (SSSR count). The fourth-order valence-electron chi connectivity index (χ4n) is 3.52. The number of nitrogens with one attached hydrogen (secondary N) is 2. The highest BCUT2D eigenvalue weighted by molar-refractivity contribution is 6.42. The van der Waals surface area contributed by atoms with E-state index in [0.717, 1.165) is 49.3 Å². The van der Waals surface area contributed by atoms with E-state index < -0.39 is 0 Å². The Morgan fingerprint density at radius 3 is 2.66 bits per heavy atom. The van der Waals surface area contributed by atoms with Gasteiger partial charge in [0.2, 0.25) is 0 Å². The fourth-order valence-corrected chi connectivity index (χ4v) is 3.82. The predicted octanol–water partition coefficient (Wildman–Crippen LogP) is 2.85. The topological polar surface area (TPSA) is 55.7 Å². The number of carbonyl (C=O) groups is 1. The molecule has 1 aliphatic rings. The highest BCUT2D eigenvalue weighted by Gasteiger charge is 2.17. The van der Waals surface area contributed by atoms with Crippen LogP contribution in [0.1, 0.15) is 10.4 Å². The summed E-state index contributed by atoms with van der Waals surface area (Å²) < 4.78 is 5.38. The molecule has 2 heterocycles. The zero-order valence-corrected chi connectivity index (χ0v) is 17.4. The van der Waals surface area contributed by atoms with Crippen LogP contribution in [0.5, 0.6) is 0 Å². The number of para-hydroxylation sites is 1. The minimum Gasteiger partial charge on any atom is -0.370 e. The smallest absolute Gasteiger partial charge is 0.252 e. The van der Waals surface area contributed by atoms with E-state index in [1.165, 1.54) is 4.90 Å². The molecule has 2 N–H and O–H groups in total. The molecule has 0 radical (unpaired) electrons. The van der Waals surface area contributed by atoms with Crippen LogP contribution >= 0.6 is 23.2 Å². The first-order valence-electron chi connectivity index (χ1n) is 9.66. The van der Waals surface area contributed by atoms with Crippen molar-refractivity contribution in [3.63, 3.8) is 0 Å². The van der Waals surface area contributed by atoms with Gasteiger partial charge in [0.25, 0.3) is 5.91 Å². The highest BCUT2D eigenvalue weighted by atomic mass is 35.5. The van der Waals surface area contributed by atoms with E-state index in [2.05, 4.69) is 5.32 Å². The summed E-state index contributed by atoms with van der Waals surface area (Å²) in [6.07, 6.45) is 0. The maximum Gasteiger partial charge on any atom is 0.252 e. The third kappa shape index (κ3) is 4.70. The molecule has 3 aromatic rings. The van der Waals surface area contributed by atoms with Gasteiger partial charge >= 0.3 is 0 Å². The number of nitrogens with zero attached hydrogens (tertiary/aromatic N) is 1. The third-order valence-electron chi connectivity index (χ3n) is 5.14. The van der Waals surface area contributed by atoms with E-state index in [0.29, 0.717) is 27.8 Å². The van der Waals surface area contributed by atoms with Crippen LogP contribution < -0.4 is 10.2 Å². The predicted molar refractivity (Wildman–Crippen MR) is 116 cm³/mol. The Hall–Kier alpha value is -2.18. The number of hydrogen-bond acceptors (Lipinski definition) is 3. The van der Waals surface area contributed by atoms with Crippen molar-refractivity contribution < 1.29 is 14.4 Å². The molecule has 7 heteroatoms. The normalized spacial score (nSPS) is 14.8. The highest BCUT2D eigenvalue weighted by Crippen LogP contribution is 2.30. The Labute approximate surface area is 179 Å². The molecule has 0 unspecified atom stereocenters. The summed E-state index contributed by atoms with van der Waals surface area (Å²) in [7, 11) is 0.